The summed E-state index contributed by atoms with van der Waals surface area (Å²) in [7, 11) is 1.79. The molecule has 0 aliphatic heterocycles. The largest absolute Gasteiger partial charge is 0.399 e. The van der Waals surface area contributed by atoms with Crippen molar-refractivity contribution in [1.29, 1.82) is 0 Å². The van der Waals surface area contributed by atoms with Crippen molar-refractivity contribution >= 4 is 17.7 Å². The molecule has 0 saturated heterocycles. The Labute approximate surface area is 119 Å². The standard InChI is InChI=1S/C17H18N2O/c1-19(13-15-5-3-2-4-6-15)17(20)12-9-14-7-10-16(18)11-8-14/h2-12H,13,18H2,1H3/b12-9+. The van der Waals surface area contributed by atoms with E-state index in [1.54, 1.807) is 24.1 Å². The summed E-state index contributed by atoms with van der Waals surface area (Å²) < 4.78 is 0. The molecule has 2 aromatic carbocycles. The number of carbonyl (C=O) groups is 1. The molecule has 0 saturated carbocycles. The van der Waals surface area contributed by atoms with E-state index in [2.05, 4.69) is 0 Å². The van der Waals surface area contributed by atoms with Gasteiger partial charge in [0.15, 0.2) is 0 Å². The minimum Gasteiger partial charge on any atom is -0.399 e. The molecule has 0 fully saturated rings. The van der Waals surface area contributed by atoms with Gasteiger partial charge in [0.25, 0.3) is 0 Å². The van der Waals surface area contributed by atoms with E-state index in [0.29, 0.717) is 6.54 Å². The van der Waals surface area contributed by atoms with Crippen LogP contribution in [0.1, 0.15) is 11.1 Å². The van der Waals surface area contributed by atoms with Crippen molar-refractivity contribution in [3.63, 3.8) is 0 Å². The van der Waals surface area contributed by atoms with Crippen LogP contribution in [0.4, 0.5) is 5.69 Å². The molecule has 102 valence electrons. The lowest BCUT2D eigenvalue weighted by Gasteiger charge is -2.14. The van der Waals surface area contributed by atoms with Crippen LogP contribution in [0.2, 0.25) is 0 Å². The van der Waals surface area contributed by atoms with Gasteiger partial charge in [-0.25, -0.2) is 0 Å². The van der Waals surface area contributed by atoms with Gasteiger partial charge in [-0.15, -0.1) is 0 Å². The molecule has 3 heteroatoms. The smallest absolute Gasteiger partial charge is 0.246 e. The number of hydrogen-bond donors (Lipinski definition) is 1. The van der Waals surface area contributed by atoms with Crippen LogP contribution < -0.4 is 5.73 Å². The van der Waals surface area contributed by atoms with Gasteiger partial charge < -0.3 is 10.6 Å². The molecule has 0 radical (unpaired) electrons. The first-order chi connectivity index (χ1) is 9.65. The van der Waals surface area contributed by atoms with E-state index >= 15 is 0 Å². The molecule has 0 aromatic heterocycles. The van der Waals surface area contributed by atoms with Crippen LogP contribution in [0.15, 0.2) is 60.7 Å². The lowest BCUT2D eigenvalue weighted by molar-refractivity contribution is -0.125. The highest BCUT2D eigenvalue weighted by Crippen LogP contribution is 2.08. The number of hydrogen-bond acceptors (Lipinski definition) is 2. The van der Waals surface area contributed by atoms with Crippen molar-refractivity contribution in [3.05, 3.63) is 71.8 Å². The number of benzene rings is 2. The summed E-state index contributed by atoms with van der Waals surface area (Å²) >= 11 is 0. The molecule has 0 spiro atoms. The number of likely N-dealkylation sites (N-methyl/N-ethyl adjacent to an activating group) is 1. The third-order valence-electron chi connectivity index (χ3n) is 2.99. The van der Waals surface area contributed by atoms with E-state index in [4.69, 9.17) is 5.73 Å². The maximum absolute atomic E-state index is 12.0. The topological polar surface area (TPSA) is 46.3 Å². The van der Waals surface area contributed by atoms with Crippen LogP contribution >= 0.6 is 0 Å². The number of anilines is 1. The van der Waals surface area contributed by atoms with Crippen molar-refractivity contribution < 1.29 is 4.79 Å². The van der Waals surface area contributed by atoms with Gasteiger partial charge in [-0.2, -0.15) is 0 Å². The molecule has 1 amide bonds. The summed E-state index contributed by atoms with van der Waals surface area (Å²) in [4.78, 5) is 13.7. The fraction of sp³-hybridized carbons (Fsp3) is 0.118. The van der Waals surface area contributed by atoms with E-state index in [-0.39, 0.29) is 5.91 Å². The number of nitrogens with two attached hydrogens (primary N) is 1. The summed E-state index contributed by atoms with van der Waals surface area (Å²) in [6.45, 7) is 0.603. The van der Waals surface area contributed by atoms with Crippen molar-refractivity contribution in [3.8, 4) is 0 Å². The number of nitrogens with zero attached hydrogens (tertiary/aromatic N) is 1. The Hall–Kier alpha value is -2.55. The van der Waals surface area contributed by atoms with E-state index < -0.39 is 0 Å². The van der Waals surface area contributed by atoms with Gasteiger partial charge in [-0.05, 0) is 29.3 Å². The molecule has 0 heterocycles. The molecule has 0 atom stereocenters. The first-order valence-corrected chi connectivity index (χ1v) is 6.48. The zero-order valence-corrected chi connectivity index (χ0v) is 11.5. The summed E-state index contributed by atoms with van der Waals surface area (Å²) in [5, 5.41) is 0. The summed E-state index contributed by atoms with van der Waals surface area (Å²) in [6.07, 6.45) is 3.37. The van der Waals surface area contributed by atoms with Gasteiger partial charge >= 0.3 is 0 Å². The second-order valence-electron chi connectivity index (χ2n) is 4.68. The van der Waals surface area contributed by atoms with Gasteiger partial charge in [0.05, 0.1) is 0 Å². The Bertz CT molecular complexity index is 588. The van der Waals surface area contributed by atoms with Crippen LogP contribution in [0.5, 0.6) is 0 Å². The SMILES string of the molecule is CN(Cc1ccccc1)C(=O)/C=C/c1ccc(N)cc1. The van der Waals surface area contributed by atoms with E-state index in [0.717, 1.165) is 16.8 Å². The number of rotatable bonds is 4. The first-order valence-electron chi connectivity index (χ1n) is 6.48. The van der Waals surface area contributed by atoms with Gasteiger partial charge in [0.1, 0.15) is 0 Å². The molecule has 0 unspecified atom stereocenters. The highest BCUT2D eigenvalue weighted by atomic mass is 16.2. The number of amides is 1. The predicted molar refractivity (Wildman–Crippen MR) is 82.8 cm³/mol. The first kappa shape index (κ1) is 13.9. The van der Waals surface area contributed by atoms with Crippen molar-refractivity contribution in [2.75, 3.05) is 12.8 Å². The molecule has 3 nitrogen and oxygen atoms in total. The van der Waals surface area contributed by atoms with Gasteiger partial charge in [0.2, 0.25) is 5.91 Å². The zero-order valence-electron chi connectivity index (χ0n) is 11.5. The Morgan fingerprint density at radius 1 is 1.10 bits per heavy atom. The summed E-state index contributed by atoms with van der Waals surface area (Å²) in [5.41, 5.74) is 8.41. The third kappa shape index (κ3) is 3.99. The minimum atomic E-state index is -0.0225. The third-order valence-corrected chi connectivity index (χ3v) is 2.99. The highest BCUT2D eigenvalue weighted by Gasteiger charge is 2.05. The van der Waals surface area contributed by atoms with Crippen molar-refractivity contribution in [2.45, 2.75) is 6.54 Å². The second-order valence-corrected chi connectivity index (χ2v) is 4.68. The quantitative estimate of drug-likeness (QED) is 0.683. The molecule has 2 rings (SSSR count). The van der Waals surface area contributed by atoms with Gasteiger partial charge in [-0.3, -0.25) is 4.79 Å². The van der Waals surface area contributed by atoms with Crippen molar-refractivity contribution in [2.24, 2.45) is 0 Å². The molecule has 0 aliphatic carbocycles. The molecule has 0 aliphatic rings. The van der Waals surface area contributed by atoms with Gasteiger partial charge in [-0.1, -0.05) is 42.5 Å². The van der Waals surface area contributed by atoms with E-state index in [1.807, 2.05) is 54.6 Å². The van der Waals surface area contributed by atoms with Crippen LogP contribution in [0.3, 0.4) is 0 Å². The van der Waals surface area contributed by atoms with E-state index in [1.165, 1.54) is 0 Å². The van der Waals surface area contributed by atoms with Gasteiger partial charge in [0, 0.05) is 25.4 Å². The molecular formula is C17H18N2O. The Balaban J connectivity index is 1.95. The lowest BCUT2D eigenvalue weighted by atomic mass is 10.2. The normalized spacial score (nSPS) is 10.7. The summed E-state index contributed by atoms with van der Waals surface area (Å²) in [5.74, 6) is -0.0225. The molecule has 20 heavy (non-hydrogen) atoms. The highest BCUT2D eigenvalue weighted by molar-refractivity contribution is 5.91. The maximum Gasteiger partial charge on any atom is 0.246 e. The van der Waals surface area contributed by atoms with Crippen LogP contribution in [0.25, 0.3) is 6.08 Å². The number of carbonyl (C=O) groups excluding carboxylic acids is 1. The lowest BCUT2D eigenvalue weighted by Crippen LogP contribution is -2.23. The fourth-order valence-corrected chi connectivity index (χ4v) is 1.84. The zero-order chi connectivity index (χ0) is 14.4. The van der Waals surface area contributed by atoms with Crippen LogP contribution in [0, 0.1) is 0 Å². The van der Waals surface area contributed by atoms with E-state index in [9.17, 15) is 4.79 Å². The number of nitrogen functional groups attached to an aromatic ring is 1. The Morgan fingerprint density at radius 3 is 2.40 bits per heavy atom. The average molecular weight is 266 g/mol. The monoisotopic (exact) mass is 266 g/mol. The predicted octanol–water partition coefficient (Wildman–Crippen LogP) is 2.94. The minimum absolute atomic E-state index is 0.0225. The fourth-order valence-electron chi connectivity index (χ4n) is 1.84. The Morgan fingerprint density at radius 2 is 1.75 bits per heavy atom. The average Bonchev–Trinajstić information content (AvgIpc) is 2.47. The molecular weight excluding hydrogens is 248 g/mol. The maximum atomic E-state index is 12.0. The Kier molecular flexibility index (Phi) is 4.56. The molecule has 0 bridgehead atoms. The van der Waals surface area contributed by atoms with Crippen LogP contribution in [-0.2, 0) is 11.3 Å². The second kappa shape index (κ2) is 6.57. The van der Waals surface area contributed by atoms with Crippen molar-refractivity contribution in [1.82, 2.24) is 4.90 Å². The van der Waals surface area contributed by atoms with Crippen LogP contribution in [-0.4, -0.2) is 17.9 Å². The molecule has 2 aromatic rings. The molecule has 2 N–H and O–H groups in total. The summed E-state index contributed by atoms with van der Waals surface area (Å²) in [6, 6.07) is 17.3.